The Morgan fingerprint density at radius 1 is 1.40 bits per heavy atom. The quantitative estimate of drug-likeness (QED) is 0.668. The van der Waals surface area contributed by atoms with Crippen molar-refractivity contribution in [1.82, 2.24) is 0 Å². The highest BCUT2D eigenvalue weighted by Gasteiger charge is 2.30. The van der Waals surface area contributed by atoms with E-state index in [0.717, 1.165) is 0 Å². The summed E-state index contributed by atoms with van der Waals surface area (Å²) in [5.74, 6) is -0.775. The van der Waals surface area contributed by atoms with Gasteiger partial charge in [0.25, 0.3) is 0 Å². The highest BCUT2D eigenvalue weighted by Crippen LogP contribution is 2.32. The van der Waals surface area contributed by atoms with Crippen molar-refractivity contribution in [2.24, 2.45) is 11.3 Å². The van der Waals surface area contributed by atoms with E-state index in [-0.39, 0.29) is 16.9 Å². The molecular formula is C12H22O3. The van der Waals surface area contributed by atoms with Crippen molar-refractivity contribution in [3.05, 3.63) is 12.2 Å². The van der Waals surface area contributed by atoms with Crippen LogP contribution < -0.4 is 0 Å². The zero-order chi connectivity index (χ0) is 12.2. The number of aliphatic hydroxyl groups is 1. The van der Waals surface area contributed by atoms with Gasteiger partial charge in [-0.15, -0.1) is 0 Å². The molecule has 0 saturated carbocycles. The zero-order valence-electron chi connectivity index (χ0n) is 10.1. The Morgan fingerprint density at radius 2 is 1.87 bits per heavy atom. The highest BCUT2D eigenvalue weighted by molar-refractivity contribution is 5.85. The Morgan fingerprint density at radius 3 is 2.20 bits per heavy atom. The van der Waals surface area contributed by atoms with Crippen LogP contribution in [0.2, 0.25) is 0 Å². The third-order valence-corrected chi connectivity index (χ3v) is 2.81. The normalized spacial score (nSPS) is 14.0. The maximum Gasteiger partial charge on any atom is 0.330 e. The molecule has 1 unspecified atom stereocenters. The molecule has 0 aromatic rings. The third-order valence-electron chi connectivity index (χ3n) is 2.81. The van der Waals surface area contributed by atoms with E-state index in [1.165, 1.54) is 0 Å². The summed E-state index contributed by atoms with van der Waals surface area (Å²) < 4.78 is 0. The third kappa shape index (κ3) is 4.47. The maximum atomic E-state index is 10.6. The molecule has 0 aliphatic heterocycles. The van der Waals surface area contributed by atoms with Gasteiger partial charge in [0.05, 0.1) is 6.10 Å². The van der Waals surface area contributed by atoms with E-state index >= 15 is 0 Å². The van der Waals surface area contributed by atoms with E-state index < -0.39 is 12.1 Å². The summed E-state index contributed by atoms with van der Waals surface area (Å²) in [6, 6.07) is 0. The van der Waals surface area contributed by atoms with Crippen molar-refractivity contribution >= 4 is 5.97 Å². The largest absolute Gasteiger partial charge is 0.478 e. The van der Waals surface area contributed by atoms with Crippen LogP contribution in [-0.2, 0) is 4.79 Å². The van der Waals surface area contributed by atoms with Crippen LogP contribution >= 0.6 is 0 Å². The van der Waals surface area contributed by atoms with Crippen molar-refractivity contribution in [2.45, 2.75) is 46.6 Å². The molecule has 3 heteroatoms. The van der Waals surface area contributed by atoms with Gasteiger partial charge in [-0.3, -0.25) is 0 Å². The van der Waals surface area contributed by atoms with E-state index in [4.69, 9.17) is 5.11 Å². The van der Waals surface area contributed by atoms with Gasteiger partial charge in [0, 0.05) is 5.57 Å². The molecule has 0 radical (unpaired) electrons. The Bertz CT molecular complexity index is 241. The summed E-state index contributed by atoms with van der Waals surface area (Å²) in [5, 5.41) is 18.6. The molecule has 0 spiro atoms. The average molecular weight is 214 g/mol. The number of carboxylic acid groups (broad SMARTS) is 1. The van der Waals surface area contributed by atoms with Gasteiger partial charge < -0.3 is 10.2 Å². The van der Waals surface area contributed by atoms with Crippen molar-refractivity contribution in [2.75, 3.05) is 0 Å². The van der Waals surface area contributed by atoms with Gasteiger partial charge in [-0.1, -0.05) is 34.3 Å². The fourth-order valence-corrected chi connectivity index (χ4v) is 1.63. The number of aliphatic carboxylic acids is 1. The Balaban J connectivity index is 4.27. The summed E-state index contributed by atoms with van der Waals surface area (Å²) in [6.45, 7) is 11.3. The average Bonchev–Trinajstić information content (AvgIpc) is 2.12. The van der Waals surface area contributed by atoms with Gasteiger partial charge in [0.2, 0.25) is 0 Å². The minimum Gasteiger partial charge on any atom is -0.478 e. The van der Waals surface area contributed by atoms with E-state index in [2.05, 4.69) is 6.58 Å². The molecule has 0 aliphatic carbocycles. The molecule has 1 atom stereocenters. The van der Waals surface area contributed by atoms with Crippen LogP contribution in [0.5, 0.6) is 0 Å². The number of carbonyl (C=O) groups is 1. The molecule has 0 saturated heterocycles. The second-order valence-corrected chi connectivity index (χ2v) is 5.09. The lowest BCUT2D eigenvalue weighted by Gasteiger charge is -2.33. The maximum absolute atomic E-state index is 10.6. The van der Waals surface area contributed by atoms with E-state index in [1.807, 2.05) is 27.7 Å². The number of aliphatic hydroxyl groups excluding tert-OH is 1. The Hall–Kier alpha value is -0.830. The van der Waals surface area contributed by atoms with Crippen LogP contribution in [0.3, 0.4) is 0 Å². The molecule has 0 rings (SSSR count). The zero-order valence-corrected chi connectivity index (χ0v) is 10.1. The van der Waals surface area contributed by atoms with Crippen LogP contribution in [0, 0.1) is 11.3 Å². The number of hydrogen-bond acceptors (Lipinski definition) is 2. The molecule has 0 aromatic carbocycles. The van der Waals surface area contributed by atoms with Crippen molar-refractivity contribution in [3.63, 3.8) is 0 Å². The first-order chi connectivity index (χ1) is 6.68. The lowest BCUT2D eigenvalue weighted by molar-refractivity contribution is -0.132. The molecule has 0 aromatic heterocycles. The molecule has 2 N–H and O–H groups in total. The minimum absolute atomic E-state index is 0.179. The van der Waals surface area contributed by atoms with Gasteiger partial charge >= 0.3 is 5.97 Å². The van der Waals surface area contributed by atoms with Gasteiger partial charge in [-0.05, 0) is 24.2 Å². The first kappa shape index (κ1) is 14.2. The molecule has 0 bridgehead atoms. The van der Waals surface area contributed by atoms with E-state index in [1.54, 1.807) is 0 Å². The molecular weight excluding hydrogens is 192 g/mol. The summed E-state index contributed by atoms with van der Waals surface area (Å²) in [6.07, 6.45) is 0.642. The Labute approximate surface area is 91.8 Å². The number of rotatable bonds is 6. The molecule has 0 amide bonds. The monoisotopic (exact) mass is 214 g/mol. The van der Waals surface area contributed by atoms with Crippen LogP contribution in [-0.4, -0.2) is 22.3 Å². The lowest BCUT2D eigenvalue weighted by Crippen LogP contribution is -2.33. The van der Waals surface area contributed by atoms with Gasteiger partial charge in [0.1, 0.15) is 0 Å². The van der Waals surface area contributed by atoms with Crippen LogP contribution in [0.15, 0.2) is 12.2 Å². The van der Waals surface area contributed by atoms with E-state index in [9.17, 15) is 9.90 Å². The second kappa shape index (κ2) is 5.31. The topological polar surface area (TPSA) is 57.5 Å². The minimum atomic E-state index is -0.954. The fourth-order valence-electron chi connectivity index (χ4n) is 1.63. The second-order valence-electron chi connectivity index (χ2n) is 5.09. The summed E-state index contributed by atoms with van der Waals surface area (Å²) in [7, 11) is 0. The summed E-state index contributed by atoms with van der Waals surface area (Å²) in [5.41, 5.74) is -0.0638. The van der Waals surface area contributed by atoms with Crippen LogP contribution in [0.1, 0.15) is 40.5 Å². The van der Waals surface area contributed by atoms with Gasteiger partial charge in [-0.25, -0.2) is 4.79 Å². The highest BCUT2D eigenvalue weighted by atomic mass is 16.4. The summed E-state index contributed by atoms with van der Waals surface area (Å²) >= 11 is 0. The van der Waals surface area contributed by atoms with Gasteiger partial charge in [-0.2, -0.15) is 0 Å². The number of hydrogen-bond donors (Lipinski definition) is 2. The predicted octanol–water partition coefficient (Wildman–Crippen LogP) is 2.45. The first-order valence-electron chi connectivity index (χ1n) is 5.27. The summed E-state index contributed by atoms with van der Waals surface area (Å²) in [4.78, 5) is 10.6. The van der Waals surface area contributed by atoms with Crippen LogP contribution in [0.4, 0.5) is 0 Å². The molecule has 0 heterocycles. The standard InChI is InChI=1S/C12H22O3/c1-8(2)10(13)12(4,5)7-6-9(3)11(14)15/h8,10,13H,3,6-7H2,1-2,4-5H3,(H,14,15). The predicted molar refractivity (Wildman–Crippen MR) is 60.6 cm³/mol. The molecule has 0 aliphatic rings. The van der Waals surface area contributed by atoms with Gasteiger partial charge in [0.15, 0.2) is 0 Å². The van der Waals surface area contributed by atoms with Crippen LogP contribution in [0.25, 0.3) is 0 Å². The van der Waals surface area contributed by atoms with E-state index in [0.29, 0.717) is 12.8 Å². The smallest absolute Gasteiger partial charge is 0.330 e. The molecule has 88 valence electrons. The van der Waals surface area contributed by atoms with Crippen molar-refractivity contribution in [1.29, 1.82) is 0 Å². The van der Waals surface area contributed by atoms with Crippen molar-refractivity contribution in [3.8, 4) is 0 Å². The fraction of sp³-hybridized carbons (Fsp3) is 0.750. The van der Waals surface area contributed by atoms with Crippen molar-refractivity contribution < 1.29 is 15.0 Å². The molecule has 3 nitrogen and oxygen atoms in total. The number of carboxylic acids is 1. The SMILES string of the molecule is C=C(CCC(C)(C)C(O)C(C)C)C(=O)O. The lowest BCUT2D eigenvalue weighted by atomic mass is 9.76. The Kier molecular flexibility index (Phi) is 5.01. The first-order valence-corrected chi connectivity index (χ1v) is 5.27. The molecule has 15 heavy (non-hydrogen) atoms. The molecule has 0 fully saturated rings.